The van der Waals surface area contributed by atoms with Gasteiger partial charge in [-0.15, -0.1) is 0 Å². The normalized spacial score (nSPS) is 23.7. The van der Waals surface area contributed by atoms with Crippen LogP contribution < -0.4 is 0 Å². The standard InChI is InChI=1S/C14H18BrNO2/c1-16(12-8-4-5-9-13(12)17)14(18)10-6-2-3-7-11(10)15/h2-3,6-7,12-13,17H,4-5,8-9H2,1H3. The summed E-state index contributed by atoms with van der Waals surface area (Å²) in [6, 6.07) is 7.34. The Bertz CT molecular complexity index is 436. The van der Waals surface area contributed by atoms with E-state index in [1.165, 1.54) is 0 Å². The van der Waals surface area contributed by atoms with Crippen molar-refractivity contribution >= 4 is 21.8 Å². The first-order valence-corrected chi connectivity index (χ1v) is 7.10. The second-order valence-electron chi connectivity index (χ2n) is 4.82. The van der Waals surface area contributed by atoms with Crippen molar-refractivity contribution in [1.82, 2.24) is 4.90 Å². The van der Waals surface area contributed by atoms with E-state index in [4.69, 9.17) is 0 Å². The molecule has 3 nitrogen and oxygen atoms in total. The molecule has 2 rings (SSSR count). The Morgan fingerprint density at radius 1 is 1.33 bits per heavy atom. The van der Waals surface area contributed by atoms with Gasteiger partial charge >= 0.3 is 0 Å². The van der Waals surface area contributed by atoms with Crippen LogP contribution in [-0.4, -0.2) is 35.1 Å². The SMILES string of the molecule is CN(C(=O)c1ccccc1Br)C1CCCCC1O. The Hall–Kier alpha value is -0.870. The van der Waals surface area contributed by atoms with E-state index in [2.05, 4.69) is 15.9 Å². The smallest absolute Gasteiger partial charge is 0.255 e. The third kappa shape index (κ3) is 2.75. The van der Waals surface area contributed by atoms with Crippen LogP contribution in [0, 0.1) is 0 Å². The van der Waals surface area contributed by atoms with Crippen molar-refractivity contribution in [3.05, 3.63) is 34.3 Å². The largest absolute Gasteiger partial charge is 0.391 e. The van der Waals surface area contributed by atoms with Crippen LogP contribution in [0.2, 0.25) is 0 Å². The highest BCUT2D eigenvalue weighted by Gasteiger charge is 2.30. The molecule has 1 aromatic carbocycles. The van der Waals surface area contributed by atoms with Gasteiger partial charge in [-0.25, -0.2) is 0 Å². The third-order valence-corrected chi connectivity index (χ3v) is 4.31. The summed E-state index contributed by atoms with van der Waals surface area (Å²) < 4.78 is 0.798. The van der Waals surface area contributed by atoms with E-state index >= 15 is 0 Å². The molecule has 1 aliphatic rings. The number of likely N-dealkylation sites (N-methyl/N-ethyl adjacent to an activating group) is 1. The minimum atomic E-state index is -0.393. The van der Waals surface area contributed by atoms with Gasteiger partial charge in [0.15, 0.2) is 0 Å². The van der Waals surface area contributed by atoms with Crippen molar-refractivity contribution in [2.45, 2.75) is 37.8 Å². The number of carbonyl (C=O) groups is 1. The number of aliphatic hydroxyl groups excluding tert-OH is 1. The average Bonchev–Trinajstić information content (AvgIpc) is 2.38. The molecule has 1 amide bonds. The molecule has 1 fully saturated rings. The molecule has 98 valence electrons. The highest BCUT2D eigenvalue weighted by atomic mass is 79.9. The number of hydrogen-bond acceptors (Lipinski definition) is 2. The number of halogens is 1. The fourth-order valence-electron chi connectivity index (χ4n) is 2.52. The van der Waals surface area contributed by atoms with Crippen molar-refractivity contribution in [2.75, 3.05) is 7.05 Å². The Balaban J connectivity index is 2.16. The molecule has 2 atom stereocenters. The van der Waals surface area contributed by atoms with Gasteiger partial charge in [-0.05, 0) is 40.9 Å². The number of aliphatic hydroxyl groups is 1. The summed E-state index contributed by atoms with van der Waals surface area (Å²) in [6.45, 7) is 0. The van der Waals surface area contributed by atoms with Crippen molar-refractivity contribution in [2.24, 2.45) is 0 Å². The molecule has 1 saturated carbocycles. The highest BCUT2D eigenvalue weighted by Crippen LogP contribution is 2.25. The molecule has 0 spiro atoms. The maximum absolute atomic E-state index is 12.4. The third-order valence-electron chi connectivity index (χ3n) is 3.62. The molecule has 0 heterocycles. The Kier molecular flexibility index (Phi) is 4.40. The van der Waals surface area contributed by atoms with Crippen LogP contribution in [0.15, 0.2) is 28.7 Å². The number of amides is 1. The van der Waals surface area contributed by atoms with Crippen LogP contribution in [0.25, 0.3) is 0 Å². The predicted molar refractivity (Wildman–Crippen MR) is 74.5 cm³/mol. The lowest BCUT2D eigenvalue weighted by Crippen LogP contribution is -2.46. The fourth-order valence-corrected chi connectivity index (χ4v) is 2.97. The topological polar surface area (TPSA) is 40.5 Å². The van der Waals surface area contributed by atoms with Crippen LogP contribution in [0.3, 0.4) is 0 Å². The summed E-state index contributed by atoms with van der Waals surface area (Å²) in [7, 11) is 1.78. The van der Waals surface area contributed by atoms with Gasteiger partial charge in [0.2, 0.25) is 0 Å². The summed E-state index contributed by atoms with van der Waals surface area (Å²) >= 11 is 3.39. The van der Waals surface area contributed by atoms with Crippen molar-refractivity contribution in [1.29, 1.82) is 0 Å². The van der Waals surface area contributed by atoms with Gasteiger partial charge < -0.3 is 10.0 Å². The summed E-state index contributed by atoms with van der Waals surface area (Å²) in [5, 5.41) is 10.00. The zero-order valence-corrected chi connectivity index (χ0v) is 12.1. The van der Waals surface area contributed by atoms with Crippen molar-refractivity contribution in [3.63, 3.8) is 0 Å². The number of carbonyl (C=O) groups excluding carboxylic acids is 1. The van der Waals surface area contributed by atoms with Crippen LogP contribution in [-0.2, 0) is 0 Å². The lowest BCUT2D eigenvalue weighted by molar-refractivity contribution is 0.0267. The Morgan fingerprint density at radius 3 is 2.67 bits per heavy atom. The average molecular weight is 312 g/mol. The van der Waals surface area contributed by atoms with Gasteiger partial charge in [0.25, 0.3) is 5.91 Å². The van der Waals surface area contributed by atoms with E-state index in [0.717, 1.165) is 30.2 Å². The van der Waals surface area contributed by atoms with E-state index in [1.807, 2.05) is 18.2 Å². The minimum Gasteiger partial charge on any atom is -0.391 e. The quantitative estimate of drug-likeness (QED) is 0.912. The maximum atomic E-state index is 12.4. The monoisotopic (exact) mass is 311 g/mol. The zero-order valence-electron chi connectivity index (χ0n) is 10.5. The molecule has 0 aliphatic heterocycles. The Labute approximate surface area is 116 Å². The summed E-state index contributed by atoms with van der Waals surface area (Å²) in [4.78, 5) is 14.1. The van der Waals surface area contributed by atoms with E-state index < -0.39 is 6.10 Å². The molecule has 18 heavy (non-hydrogen) atoms. The molecular weight excluding hydrogens is 294 g/mol. The second-order valence-corrected chi connectivity index (χ2v) is 5.67. The lowest BCUT2D eigenvalue weighted by Gasteiger charge is -2.35. The molecule has 2 unspecified atom stereocenters. The van der Waals surface area contributed by atoms with Gasteiger partial charge in [-0.2, -0.15) is 0 Å². The fraction of sp³-hybridized carbons (Fsp3) is 0.500. The van der Waals surface area contributed by atoms with Crippen LogP contribution >= 0.6 is 15.9 Å². The van der Waals surface area contributed by atoms with Gasteiger partial charge in [-0.3, -0.25) is 4.79 Å². The van der Waals surface area contributed by atoms with E-state index in [1.54, 1.807) is 18.0 Å². The Morgan fingerprint density at radius 2 is 2.00 bits per heavy atom. The number of nitrogens with zero attached hydrogens (tertiary/aromatic N) is 1. The van der Waals surface area contributed by atoms with Gasteiger partial charge in [-0.1, -0.05) is 25.0 Å². The lowest BCUT2D eigenvalue weighted by atomic mass is 9.91. The maximum Gasteiger partial charge on any atom is 0.255 e. The van der Waals surface area contributed by atoms with Crippen LogP contribution in [0.4, 0.5) is 0 Å². The molecule has 0 bridgehead atoms. The summed E-state index contributed by atoms with van der Waals surface area (Å²) in [5.74, 6) is -0.0339. The molecule has 0 radical (unpaired) electrons. The highest BCUT2D eigenvalue weighted by molar-refractivity contribution is 9.10. The zero-order chi connectivity index (χ0) is 13.1. The molecule has 0 aromatic heterocycles. The van der Waals surface area contributed by atoms with Gasteiger partial charge in [0, 0.05) is 11.5 Å². The van der Waals surface area contributed by atoms with Crippen molar-refractivity contribution in [3.8, 4) is 0 Å². The van der Waals surface area contributed by atoms with E-state index in [-0.39, 0.29) is 11.9 Å². The van der Waals surface area contributed by atoms with Gasteiger partial charge in [0.1, 0.15) is 0 Å². The first-order valence-electron chi connectivity index (χ1n) is 6.31. The van der Waals surface area contributed by atoms with Crippen molar-refractivity contribution < 1.29 is 9.90 Å². The first-order chi connectivity index (χ1) is 8.61. The second kappa shape index (κ2) is 5.85. The van der Waals surface area contributed by atoms with Gasteiger partial charge in [0.05, 0.1) is 17.7 Å². The number of hydrogen-bond donors (Lipinski definition) is 1. The molecule has 1 aliphatic carbocycles. The molecule has 0 saturated heterocycles. The minimum absolute atomic E-state index is 0.0339. The molecule has 1 N–H and O–H groups in total. The predicted octanol–water partition coefficient (Wildman–Crippen LogP) is 2.82. The molecular formula is C14H18BrNO2. The van der Waals surface area contributed by atoms with E-state index in [9.17, 15) is 9.90 Å². The molecule has 1 aromatic rings. The molecule has 4 heteroatoms. The first kappa shape index (κ1) is 13.6. The van der Waals surface area contributed by atoms with E-state index in [0.29, 0.717) is 5.56 Å². The number of rotatable bonds is 2. The van der Waals surface area contributed by atoms with Crippen LogP contribution in [0.5, 0.6) is 0 Å². The summed E-state index contributed by atoms with van der Waals surface area (Å²) in [5.41, 5.74) is 0.651. The van der Waals surface area contributed by atoms with Crippen LogP contribution in [0.1, 0.15) is 36.0 Å². The number of benzene rings is 1. The summed E-state index contributed by atoms with van der Waals surface area (Å²) in [6.07, 6.45) is 3.41.